The maximum absolute atomic E-state index is 12.5. The lowest BCUT2D eigenvalue weighted by Gasteiger charge is -2.09. The van der Waals surface area contributed by atoms with Crippen LogP contribution in [0, 0.1) is 13.8 Å². The van der Waals surface area contributed by atoms with Gasteiger partial charge in [0, 0.05) is 17.5 Å². The quantitative estimate of drug-likeness (QED) is 0.292. The van der Waals surface area contributed by atoms with Crippen molar-refractivity contribution in [3.8, 4) is 11.5 Å². The topological polar surface area (TPSA) is 79.9 Å². The summed E-state index contributed by atoms with van der Waals surface area (Å²) in [5, 5.41) is 0. The summed E-state index contributed by atoms with van der Waals surface area (Å²) in [6, 6.07) is 10.6. The molecule has 0 aliphatic heterocycles. The largest absolute Gasteiger partial charge is 0.497 e. The molecule has 0 amide bonds. The second kappa shape index (κ2) is 9.84. The molecule has 3 rings (SSSR count). The van der Waals surface area contributed by atoms with Gasteiger partial charge in [0.05, 0.1) is 32.6 Å². The van der Waals surface area contributed by atoms with Crippen molar-refractivity contribution in [1.82, 2.24) is 4.57 Å². The van der Waals surface area contributed by atoms with Gasteiger partial charge in [-0.1, -0.05) is 0 Å². The zero-order valence-electron chi connectivity index (χ0n) is 18.0. The van der Waals surface area contributed by atoms with Gasteiger partial charge in [-0.05, 0) is 61.9 Å². The number of Topliss-reactive ketones (excluding diaryl/α,β-unsaturated/α-hetero) is 1. The smallest absolute Gasteiger partial charge is 0.331 e. The van der Waals surface area contributed by atoms with E-state index in [1.807, 2.05) is 32.0 Å². The number of ketones is 1. The minimum Gasteiger partial charge on any atom is -0.497 e. The number of benzene rings is 1. The molecule has 0 saturated carbocycles. The van der Waals surface area contributed by atoms with Crippen molar-refractivity contribution in [1.29, 1.82) is 0 Å². The Morgan fingerprint density at radius 1 is 1.10 bits per heavy atom. The van der Waals surface area contributed by atoms with E-state index in [9.17, 15) is 9.59 Å². The van der Waals surface area contributed by atoms with Crippen LogP contribution in [0.3, 0.4) is 0 Å². The van der Waals surface area contributed by atoms with Crippen LogP contribution in [-0.4, -0.2) is 37.1 Å². The van der Waals surface area contributed by atoms with E-state index in [1.165, 1.54) is 20.3 Å². The molecule has 162 valence electrons. The van der Waals surface area contributed by atoms with Crippen molar-refractivity contribution < 1.29 is 28.2 Å². The van der Waals surface area contributed by atoms with Gasteiger partial charge in [-0.25, -0.2) is 4.79 Å². The fourth-order valence-corrected chi connectivity index (χ4v) is 3.25. The van der Waals surface area contributed by atoms with Crippen molar-refractivity contribution >= 4 is 17.8 Å². The molecule has 0 fully saturated rings. The van der Waals surface area contributed by atoms with Gasteiger partial charge in [-0.3, -0.25) is 4.79 Å². The van der Waals surface area contributed by atoms with Gasteiger partial charge < -0.3 is 23.2 Å². The second-order valence-corrected chi connectivity index (χ2v) is 6.92. The molecular weight excluding hydrogens is 398 g/mol. The number of carbonyl (C=O) groups is 2. The van der Waals surface area contributed by atoms with Gasteiger partial charge in [0.1, 0.15) is 17.3 Å². The molecule has 31 heavy (non-hydrogen) atoms. The number of rotatable bonds is 9. The van der Waals surface area contributed by atoms with E-state index < -0.39 is 12.6 Å². The summed E-state index contributed by atoms with van der Waals surface area (Å²) in [5.41, 5.74) is 3.22. The van der Waals surface area contributed by atoms with E-state index in [1.54, 1.807) is 30.5 Å². The summed E-state index contributed by atoms with van der Waals surface area (Å²) in [6.07, 6.45) is 4.64. The van der Waals surface area contributed by atoms with Crippen LogP contribution in [0.4, 0.5) is 0 Å². The lowest BCUT2D eigenvalue weighted by molar-refractivity contribution is -0.136. The molecule has 0 N–H and O–H groups in total. The van der Waals surface area contributed by atoms with Crippen molar-refractivity contribution in [2.75, 3.05) is 20.8 Å². The Labute approximate surface area is 180 Å². The predicted octanol–water partition coefficient (Wildman–Crippen LogP) is 4.20. The molecule has 7 nitrogen and oxygen atoms in total. The number of aryl methyl sites for hydroxylation is 1. The van der Waals surface area contributed by atoms with Crippen LogP contribution in [0.15, 0.2) is 53.2 Å². The lowest BCUT2D eigenvalue weighted by atomic mass is 10.1. The molecule has 0 spiro atoms. The maximum Gasteiger partial charge on any atom is 0.331 e. The van der Waals surface area contributed by atoms with Crippen LogP contribution in [0.1, 0.15) is 33.1 Å². The molecule has 0 unspecified atom stereocenters. The van der Waals surface area contributed by atoms with Gasteiger partial charge in [-0.2, -0.15) is 0 Å². The van der Waals surface area contributed by atoms with Crippen LogP contribution in [0.2, 0.25) is 0 Å². The lowest BCUT2D eigenvalue weighted by Crippen LogP contribution is -2.13. The number of carbonyl (C=O) groups excluding carboxylic acids is 2. The SMILES string of the molecule is COc1ccc(OC)c(C(=O)COC(=O)/C=C/c2cc(C)n(Cc3ccco3)c2C)c1. The molecule has 0 atom stereocenters. The summed E-state index contributed by atoms with van der Waals surface area (Å²) in [4.78, 5) is 24.6. The van der Waals surface area contributed by atoms with Crippen LogP contribution in [0.25, 0.3) is 6.08 Å². The van der Waals surface area contributed by atoms with Crippen molar-refractivity contribution in [2.45, 2.75) is 20.4 Å². The molecule has 0 aliphatic rings. The number of esters is 1. The minimum absolute atomic E-state index is 0.292. The maximum atomic E-state index is 12.5. The van der Waals surface area contributed by atoms with Crippen LogP contribution >= 0.6 is 0 Å². The van der Waals surface area contributed by atoms with Crippen LogP contribution < -0.4 is 9.47 Å². The molecule has 2 aromatic heterocycles. The summed E-state index contributed by atoms with van der Waals surface area (Å²) in [6.45, 7) is 4.18. The van der Waals surface area contributed by atoms with Gasteiger partial charge in [-0.15, -0.1) is 0 Å². The van der Waals surface area contributed by atoms with E-state index in [4.69, 9.17) is 18.6 Å². The molecule has 0 saturated heterocycles. The molecule has 7 heteroatoms. The highest BCUT2D eigenvalue weighted by Gasteiger charge is 2.15. The third-order valence-electron chi connectivity index (χ3n) is 4.96. The number of nitrogens with zero attached hydrogens (tertiary/aromatic N) is 1. The molecule has 3 aromatic rings. The van der Waals surface area contributed by atoms with E-state index >= 15 is 0 Å². The Kier molecular flexibility index (Phi) is 6.97. The summed E-state index contributed by atoms with van der Waals surface area (Å²) in [7, 11) is 2.97. The summed E-state index contributed by atoms with van der Waals surface area (Å²) in [5.74, 6) is 0.769. The Morgan fingerprint density at radius 3 is 2.58 bits per heavy atom. The fourth-order valence-electron chi connectivity index (χ4n) is 3.25. The average Bonchev–Trinajstić information content (AvgIpc) is 3.39. The first-order chi connectivity index (χ1) is 14.9. The minimum atomic E-state index is -0.606. The first kappa shape index (κ1) is 22.0. The van der Waals surface area contributed by atoms with E-state index in [-0.39, 0.29) is 5.78 Å². The number of furan rings is 1. The highest BCUT2D eigenvalue weighted by Crippen LogP contribution is 2.24. The highest BCUT2D eigenvalue weighted by molar-refractivity contribution is 6.01. The average molecular weight is 423 g/mol. The second-order valence-electron chi connectivity index (χ2n) is 6.92. The summed E-state index contributed by atoms with van der Waals surface area (Å²) < 4.78 is 23.0. The number of hydrogen-bond donors (Lipinski definition) is 0. The Bertz CT molecular complexity index is 1090. The first-order valence-electron chi connectivity index (χ1n) is 9.72. The molecular formula is C24H25NO6. The molecule has 0 bridgehead atoms. The Hall–Kier alpha value is -3.74. The van der Waals surface area contributed by atoms with Crippen molar-refractivity contribution in [3.63, 3.8) is 0 Å². The third-order valence-corrected chi connectivity index (χ3v) is 4.96. The number of aromatic nitrogens is 1. The van der Waals surface area contributed by atoms with E-state index in [0.717, 1.165) is 22.7 Å². The zero-order valence-corrected chi connectivity index (χ0v) is 18.0. The fraction of sp³-hybridized carbons (Fsp3) is 0.250. The van der Waals surface area contributed by atoms with Gasteiger partial charge in [0.15, 0.2) is 6.61 Å². The molecule has 0 radical (unpaired) electrons. The van der Waals surface area contributed by atoms with Crippen molar-refractivity contribution in [3.05, 3.63) is 77.0 Å². The van der Waals surface area contributed by atoms with Crippen LogP contribution in [-0.2, 0) is 16.1 Å². The van der Waals surface area contributed by atoms with Gasteiger partial charge >= 0.3 is 5.97 Å². The molecule has 0 aliphatic carbocycles. The van der Waals surface area contributed by atoms with Crippen molar-refractivity contribution in [2.24, 2.45) is 0 Å². The van der Waals surface area contributed by atoms with E-state index in [2.05, 4.69) is 4.57 Å². The van der Waals surface area contributed by atoms with E-state index in [0.29, 0.717) is 23.6 Å². The van der Waals surface area contributed by atoms with Gasteiger partial charge in [0.2, 0.25) is 5.78 Å². The third kappa shape index (κ3) is 5.25. The van der Waals surface area contributed by atoms with Gasteiger partial charge in [0.25, 0.3) is 0 Å². The number of hydrogen-bond acceptors (Lipinski definition) is 6. The Balaban J connectivity index is 1.63. The Morgan fingerprint density at radius 2 is 1.90 bits per heavy atom. The molecule has 2 heterocycles. The standard InChI is InChI=1S/C24H25NO6/c1-16-12-18(17(2)25(16)14-20-6-5-11-30-20)7-10-24(27)31-15-22(26)21-13-19(28-3)8-9-23(21)29-4/h5-13H,14-15H2,1-4H3/b10-7+. The first-order valence-corrected chi connectivity index (χ1v) is 9.72. The number of methoxy groups -OCH3 is 2. The monoisotopic (exact) mass is 423 g/mol. The highest BCUT2D eigenvalue weighted by atomic mass is 16.5. The van der Waals surface area contributed by atoms with Crippen LogP contribution in [0.5, 0.6) is 11.5 Å². The zero-order chi connectivity index (χ0) is 22.4. The predicted molar refractivity (Wildman–Crippen MR) is 116 cm³/mol. The molecule has 1 aromatic carbocycles. The number of ether oxygens (including phenoxy) is 3. The normalized spacial score (nSPS) is 11.0. The summed E-state index contributed by atoms with van der Waals surface area (Å²) >= 11 is 0.